The maximum Gasteiger partial charge on any atom is 0.416 e. The number of hydrogen-bond donors (Lipinski definition) is 7. The molecule has 0 radical (unpaired) electrons. The number of rotatable bonds is 16. The van der Waals surface area contributed by atoms with Gasteiger partial charge in [0.15, 0.2) is 0 Å². The Labute approximate surface area is 601 Å². The molecule has 24 heteroatoms. The number of halogens is 3. The van der Waals surface area contributed by atoms with Crippen LogP contribution in [0.1, 0.15) is 75.7 Å². The minimum atomic E-state index is -4.50. The van der Waals surface area contributed by atoms with Gasteiger partial charge in [0, 0.05) is 116 Å². The van der Waals surface area contributed by atoms with Gasteiger partial charge in [-0.1, -0.05) is 109 Å². The highest BCUT2D eigenvalue weighted by Crippen LogP contribution is 2.44. The number of aromatic hydroxyl groups is 1. The van der Waals surface area contributed by atoms with Crippen LogP contribution >= 0.6 is 0 Å². The van der Waals surface area contributed by atoms with Crippen LogP contribution in [0.2, 0.25) is 0 Å². The molecule has 2 aliphatic rings. The molecule has 8 bridgehead atoms. The SMILES string of the molecule is Cn1cncc1C(=O)Nc1ccccc1-c1c2nc(c(-c3ccccc3NC(=O)c3cccc(Cn4cncc4-c4ccc(C(F)(F)F)cc4)c3)c3ccc([nH]3)c(-c3ccccc3NC(=O)c3cncn3-c3ccccc3O)c3nc(c(-c4ccccc4NC(=O)c4cncn4C)c4ccc1[nH]4)C=C3)C=C2. The van der Waals surface area contributed by atoms with Gasteiger partial charge in [0.05, 0.1) is 89.8 Å². The van der Waals surface area contributed by atoms with E-state index in [1.807, 2.05) is 133 Å². The number of H-pyrrole nitrogens is 2. The van der Waals surface area contributed by atoms with Crippen LogP contribution in [0, 0.1) is 0 Å². The second-order valence-corrected chi connectivity index (χ2v) is 25.1. The lowest BCUT2D eigenvalue weighted by Gasteiger charge is -2.15. The smallest absolute Gasteiger partial charge is 0.416 e. The maximum atomic E-state index is 15.0. The number of phenols is 1. The van der Waals surface area contributed by atoms with E-state index in [-0.39, 0.29) is 18.0 Å². The van der Waals surface area contributed by atoms with E-state index in [1.165, 1.54) is 47.7 Å². The number of fused-ring (bicyclic) bond motifs is 8. The van der Waals surface area contributed by atoms with Crippen molar-refractivity contribution in [1.82, 2.24) is 58.1 Å². The number of aryl methyl sites for hydroxylation is 2. The van der Waals surface area contributed by atoms with E-state index in [2.05, 4.69) is 51.2 Å². The lowest BCUT2D eigenvalue weighted by Crippen LogP contribution is -2.16. The number of aromatic nitrogens is 12. The number of amides is 4. The predicted molar refractivity (Wildman–Crippen MR) is 402 cm³/mol. The van der Waals surface area contributed by atoms with Crippen molar-refractivity contribution in [3.63, 3.8) is 0 Å². The molecule has 7 aromatic carbocycles. The molecule has 0 fully saturated rings. The highest BCUT2D eigenvalue weighted by atomic mass is 19.4. The van der Waals surface area contributed by atoms with E-state index >= 15 is 0 Å². The van der Waals surface area contributed by atoms with Gasteiger partial charge in [0.1, 0.15) is 22.8 Å². The van der Waals surface area contributed by atoms with Crippen LogP contribution in [0.4, 0.5) is 35.9 Å². The number of carbonyl (C=O) groups excluding carboxylic acids is 4. The van der Waals surface area contributed by atoms with Crippen molar-refractivity contribution in [2.45, 2.75) is 12.7 Å². The van der Waals surface area contributed by atoms with Gasteiger partial charge in [-0.15, -0.1) is 0 Å². The first-order valence-corrected chi connectivity index (χ1v) is 33.4. The van der Waals surface area contributed by atoms with E-state index < -0.39 is 35.4 Å². The van der Waals surface area contributed by atoms with Gasteiger partial charge in [-0.25, -0.2) is 29.9 Å². The van der Waals surface area contributed by atoms with Crippen molar-refractivity contribution in [1.29, 1.82) is 0 Å². The Morgan fingerprint density at radius 1 is 0.434 bits per heavy atom. The highest BCUT2D eigenvalue weighted by molar-refractivity contribution is 6.12. The number of carbonyl (C=O) groups is 4. The van der Waals surface area contributed by atoms with Gasteiger partial charge < -0.3 is 50.0 Å². The number of nitrogens with one attached hydrogen (secondary N) is 6. The molecule has 4 amide bonds. The second kappa shape index (κ2) is 27.4. The number of phenolic OH excluding ortho intramolecular Hbond substituents is 1. The average Bonchev–Trinajstić information content (AvgIpc) is 1.60. The third kappa shape index (κ3) is 12.7. The lowest BCUT2D eigenvalue weighted by molar-refractivity contribution is -0.137. The van der Waals surface area contributed by atoms with Crippen molar-refractivity contribution >= 4 is 92.7 Å². The standard InChI is InChI=1S/C82H59F3N16O5/c1-98-44-86-40-70(98)79(104)95-57-21-8-4-17-53(57)75-62-32-30-60(90-62)74(52-16-3-7-20-56(52)94-78(103)50-15-13-14-48(38-50)43-100-46-88-39-69(100)49-26-28-51(29-27-49)82(83,84)85)61-31-33-66(91-61)77(55-19-6-10-23-59(55)97-81(106)72-42-89-47-101(72)68-24-11-12-25-73(68)102)67-37-36-65(93-67)76(64-35-34-63(75)92-64)54-18-5-9-22-58(54)96-80(105)71-41-87-45-99(71)2/h3-42,44-47,91-92,102H,43H2,1-2H3,(H,94,103)(H,95,104)(H,96,105)(H,97,106). The summed E-state index contributed by atoms with van der Waals surface area (Å²) in [4.78, 5) is 94.0. The fourth-order valence-electron chi connectivity index (χ4n) is 13.3. The molecule has 106 heavy (non-hydrogen) atoms. The van der Waals surface area contributed by atoms with E-state index in [1.54, 1.807) is 108 Å². The first kappa shape index (κ1) is 66.0. The maximum absolute atomic E-state index is 15.0. The summed E-state index contributed by atoms with van der Waals surface area (Å²) in [6.45, 7) is 0.235. The first-order chi connectivity index (χ1) is 51.6. The van der Waals surface area contributed by atoms with E-state index in [4.69, 9.17) is 9.97 Å². The zero-order valence-electron chi connectivity index (χ0n) is 56.3. The molecule has 7 aromatic heterocycles. The Bertz CT molecular complexity index is 6110. The topological polar surface area (TPSA) is 265 Å². The van der Waals surface area contributed by atoms with Gasteiger partial charge in [-0.3, -0.25) is 23.7 Å². The quantitative estimate of drug-likeness (QED) is 0.0478. The number of aromatic amines is 2. The lowest BCUT2D eigenvalue weighted by atomic mass is 10.0. The molecule has 9 heterocycles. The first-order valence-electron chi connectivity index (χ1n) is 33.4. The number of imidazole rings is 4. The molecule has 0 saturated carbocycles. The molecule has 0 atom stereocenters. The summed E-state index contributed by atoms with van der Waals surface area (Å²) < 4.78 is 47.3. The molecule has 14 aromatic rings. The zero-order chi connectivity index (χ0) is 72.7. The third-order valence-electron chi connectivity index (χ3n) is 18.4. The highest BCUT2D eigenvalue weighted by Gasteiger charge is 2.31. The predicted octanol–water partition coefficient (Wildman–Crippen LogP) is 16.6. The Hall–Kier alpha value is -14.6. The fourth-order valence-corrected chi connectivity index (χ4v) is 13.3. The molecule has 2 aliphatic heterocycles. The van der Waals surface area contributed by atoms with Gasteiger partial charge in [-0.05, 0) is 120 Å². The molecule has 0 saturated heterocycles. The van der Waals surface area contributed by atoms with E-state index in [0.29, 0.717) is 152 Å². The van der Waals surface area contributed by atoms with Crippen LogP contribution in [0.15, 0.2) is 244 Å². The number of hydrogen-bond acceptors (Lipinski definition) is 11. The second-order valence-electron chi connectivity index (χ2n) is 25.1. The number of nitrogens with zero attached hydrogens (tertiary/aromatic N) is 10. The fraction of sp³-hybridized carbons (Fsp3) is 0.0488. The van der Waals surface area contributed by atoms with Crippen LogP contribution in [-0.4, -0.2) is 86.9 Å². The Morgan fingerprint density at radius 2 is 0.840 bits per heavy atom. The van der Waals surface area contributed by atoms with Crippen LogP contribution < -0.4 is 21.3 Å². The molecular formula is C82H59F3N16O5. The third-order valence-corrected chi connectivity index (χ3v) is 18.4. The molecule has 0 aliphatic carbocycles. The van der Waals surface area contributed by atoms with Crippen LogP contribution in [0.3, 0.4) is 0 Å². The molecule has 16 rings (SSSR count). The number of anilines is 4. The van der Waals surface area contributed by atoms with Crippen LogP contribution in [0.5, 0.6) is 5.75 Å². The zero-order valence-corrected chi connectivity index (χ0v) is 56.3. The van der Waals surface area contributed by atoms with Crippen LogP contribution in [-0.2, 0) is 26.8 Å². The molecule has 0 spiro atoms. The number of alkyl halides is 3. The van der Waals surface area contributed by atoms with Gasteiger partial charge >= 0.3 is 6.18 Å². The van der Waals surface area contributed by atoms with E-state index in [9.17, 15) is 37.5 Å². The summed E-state index contributed by atoms with van der Waals surface area (Å²) >= 11 is 0. The normalized spacial score (nSPS) is 11.8. The Balaban J connectivity index is 0.903. The minimum absolute atomic E-state index is 0.0601. The molecule has 21 nitrogen and oxygen atoms in total. The average molecular weight is 1410 g/mol. The largest absolute Gasteiger partial charge is 0.506 e. The summed E-state index contributed by atoms with van der Waals surface area (Å²) in [5.74, 6) is -1.86. The van der Waals surface area contributed by atoms with Crippen LogP contribution in [0.25, 0.3) is 108 Å². The molecule has 518 valence electrons. The minimum Gasteiger partial charge on any atom is -0.506 e. The Morgan fingerprint density at radius 3 is 1.28 bits per heavy atom. The summed E-state index contributed by atoms with van der Waals surface area (Å²) in [6, 6.07) is 55.7. The molecule has 0 unspecified atom stereocenters. The van der Waals surface area contributed by atoms with Gasteiger partial charge in [-0.2, -0.15) is 13.2 Å². The monoisotopic (exact) mass is 1400 g/mol. The molecular weight excluding hydrogens is 1350 g/mol. The van der Waals surface area contributed by atoms with Gasteiger partial charge in [0.25, 0.3) is 23.6 Å². The number of benzene rings is 7. The van der Waals surface area contributed by atoms with Crippen molar-refractivity contribution in [2.24, 2.45) is 14.1 Å². The van der Waals surface area contributed by atoms with Gasteiger partial charge in [0.2, 0.25) is 0 Å². The summed E-state index contributed by atoms with van der Waals surface area (Å²) in [5.41, 5.74) is 12.8. The Kier molecular flexibility index (Phi) is 17.1. The summed E-state index contributed by atoms with van der Waals surface area (Å²) in [6.07, 6.45) is 15.2. The van der Waals surface area contributed by atoms with Crippen molar-refractivity contribution in [3.8, 4) is 67.2 Å². The summed E-state index contributed by atoms with van der Waals surface area (Å²) in [5, 5.41) is 23.6. The number of para-hydroxylation sites is 6. The van der Waals surface area contributed by atoms with Crippen molar-refractivity contribution < 1.29 is 37.5 Å². The van der Waals surface area contributed by atoms with E-state index in [0.717, 1.165) is 12.1 Å². The van der Waals surface area contributed by atoms with Crippen molar-refractivity contribution in [3.05, 3.63) is 301 Å². The molecule has 7 N–H and O–H groups in total. The summed E-state index contributed by atoms with van der Waals surface area (Å²) in [7, 11) is 3.47. The van der Waals surface area contributed by atoms with Crippen molar-refractivity contribution in [2.75, 3.05) is 21.3 Å².